The molecule has 0 atom stereocenters. The normalized spacial score (nSPS) is 8.42. The molecule has 5 N–H and O–H groups in total. The maximum atomic E-state index is 12.5. The van der Waals surface area contributed by atoms with Crippen LogP contribution in [0.2, 0.25) is 5.02 Å². The lowest BCUT2D eigenvalue weighted by molar-refractivity contribution is 0.1000. The average Bonchev–Trinajstić information content (AvgIpc) is 2.87. The molecule has 1 aromatic carbocycles. The number of carbonyl (C=O) groups is 1. The lowest BCUT2D eigenvalue weighted by Gasteiger charge is -1.95. The Balaban J connectivity index is 0.000000334. The molecule has 1 heterocycles. The van der Waals surface area contributed by atoms with Crippen LogP contribution in [0, 0.1) is 5.82 Å². The number of amides is 1. The maximum Gasteiger partial charge on any atom is 0.482 e. The van der Waals surface area contributed by atoms with Crippen LogP contribution in [-0.4, -0.2) is 33.8 Å². The molecule has 9 heteroatoms. The number of aromatic amines is 1. The van der Waals surface area contributed by atoms with E-state index < -0.39 is 11.7 Å². The minimum atomic E-state index is -0.689. The fraction of sp³-hybridized carbons (Fsp3) is 0. The monoisotopic (exact) mass is 286 g/mol. The van der Waals surface area contributed by atoms with E-state index in [2.05, 4.69) is 10.2 Å². The minimum absolute atomic E-state index is 0. The highest BCUT2D eigenvalue weighted by molar-refractivity contribution is 6.30. The Morgan fingerprint density at radius 2 is 2.05 bits per heavy atom. The number of hydrogen-bond acceptors (Lipinski definition) is 4. The summed E-state index contributed by atoms with van der Waals surface area (Å²) in [4.78, 5) is 10.5. The number of primary amides is 1. The summed E-state index contributed by atoms with van der Waals surface area (Å²) in [5.41, 5.74) is 4.97. The van der Waals surface area contributed by atoms with Gasteiger partial charge >= 0.3 is 7.69 Å². The van der Waals surface area contributed by atoms with Crippen LogP contribution in [0.4, 0.5) is 4.39 Å². The molecule has 2 rings (SSSR count). The Morgan fingerprint density at radius 3 is 2.37 bits per heavy atom. The number of halogens is 2. The van der Waals surface area contributed by atoms with E-state index in [-0.39, 0.29) is 18.3 Å². The van der Waals surface area contributed by atoms with E-state index in [9.17, 15) is 9.18 Å². The summed E-state index contributed by atoms with van der Waals surface area (Å²) in [5, 5.41) is 20.4. The number of aromatic nitrogens is 2. The largest absolute Gasteiger partial charge is 0.482 e. The van der Waals surface area contributed by atoms with E-state index in [0.717, 1.165) is 12.1 Å². The molecule has 0 bridgehead atoms. The SMILES string of the molecule is NC(=O)c1cc(F)cc(Cl)c1.O[B]O.c1cn[nH]c1. The van der Waals surface area contributed by atoms with Crippen LogP contribution in [-0.2, 0) is 0 Å². The minimum Gasteiger partial charge on any atom is -0.429 e. The first-order valence-electron chi connectivity index (χ1n) is 4.81. The lowest BCUT2D eigenvalue weighted by atomic mass is 10.2. The average molecular weight is 286 g/mol. The highest BCUT2D eigenvalue weighted by atomic mass is 35.5. The molecule has 6 nitrogen and oxygen atoms in total. The van der Waals surface area contributed by atoms with E-state index >= 15 is 0 Å². The first-order valence-corrected chi connectivity index (χ1v) is 5.18. The molecular formula is C10H11BClFN3O3. The lowest BCUT2D eigenvalue weighted by Crippen LogP contribution is -2.10. The van der Waals surface area contributed by atoms with Crippen molar-refractivity contribution in [1.29, 1.82) is 0 Å². The van der Waals surface area contributed by atoms with Gasteiger partial charge < -0.3 is 15.8 Å². The maximum absolute atomic E-state index is 12.5. The van der Waals surface area contributed by atoms with Crippen molar-refractivity contribution < 1.29 is 19.2 Å². The first kappa shape index (κ1) is 17.1. The number of benzene rings is 1. The third kappa shape index (κ3) is 8.78. The molecule has 0 fully saturated rings. The summed E-state index contributed by atoms with van der Waals surface area (Å²) in [6.45, 7) is 0. The number of nitrogens with zero attached hydrogens (tertiary/aromatic N) is 1. The number of hydrogen-bond donors (Lipinski definition) is 4. The second-order valence-corrected chi connectivity index (χ2v) is 3.34. The van der Waals surface area contributed by atoms with Crippen molar-refractivity contribution in [2.75, 3.05) is 0 Å². The number of nitrogens with two attached hydrogens (primary N) is 1. The molecule has 0 saturated heterocycles. The second kappa shape index (κ2) is 10.1. The third-order valence-corrected chi connectivity index (χ3v) is 1.77. The van der Waals surface area contributed by atoms with Gasteiger partial charge in [-0.05, 0) is 24.3 Å². The fourth-order valence-corrected chi connectivity index (χ4v) is 1.13. The van der Waals surface area contributed by atoms with Gasteiger partial charge in [0.1, 0.15) is 5.82 Å². The second-order valence-electron chi connectivity index (χ2n) is 2.90. The highest BCUT2D eigenvalue weighted by Crippen LogP contribution is 2.13. The van der Waals surface area contributed by atoms with Crippen molar-refractivity contribution in [3.8, 4) is 0 Å². The number of nitrogens with one attached hydrogen (secondary N) is 1. The van der Waals surface area contributed by atoms with E-state index in [1.54, 1.807) is 12.4 Å². The van der Waals surface area contributed by atoms with E-state index in [4.69, 9.17) is 27.4 Å². The molecule has 2 aromatic rings. The van der Waals surface area contributed by atoms with Crippen molar-refractivity contribution in [2.24, 2.45) is 5.73 Å². The Kier molecular flexibility index (Phi) is 9.06. The van der Waals surface area contributed by atoms with Gasteiger partial charge in [0, 0.05) is 23.0 Å². The zero-order chi connectivity index (χ0) is 14.7. The smallest absolute Gasteiger partial charge is 0.429 e. The Morgan fingerprint density at radius 1 is 1.42 bits per heavy atom. The number of rotatable bonds is 1. The van der Waals surface area contributed by atoms with Crippen molar-refractivity contribution >= 4 is 25.2 Å². The van der Waals surface area contributed by atoms with Gasteiger partial charge in [-0.15, -0.1) is 0 Å². The van der Waals surface area contributed by atoms with Gasteiger partial charge in [0.15, 0.2) is 0 Å². The summed E-state index contributed by atoms with van der Waals surface area (Å²) in [6.07, 6.45) is 3.46. The molecule has 1 radical (unpaired) electrons. The molecule has 0 aliphatic rings. The quantitative estimate of drug-likeness (QED) is 0.572. The van der Waals surface area contributed by atoms with Gasteiger partial charge in [0.25, 0.3) is 0 Å². The first-order chi connectivity index (χ1) is 9.01. The van der Waals surface area contributed by atoms with Crippen LogP contribution in [0.5, 0.6) is 0 Å². The standard InChI is InChI=1S/C7H5ClFNO.C3H4N2.BH2O2/c8-5-1-4(7(10)11)2-6(9)3-5;1-2-4-5-3-1;2-1-3/h1-3H,(H2,10,11);1-3H,(H,4,5);2-3H. The van der Waals surface area contributed by atoms with Gasteiger partial charge in [-0.3, -0.25) is 9.89 Å². The highest BCUT2D eigenvalue weighted by Gasteiger charge is 2.03. The summed E-state index contributed by atoms with van der Waals surface area (Å²) in [5.74, 6) is -1.25. The number of carbonyl (C=O) groups excluding carboxylic acids is 1. The van der Waals surface area contributed by atoms with E-state index in [1.807, 2.05) is 6.07 Å². The zero-order valence-electron chi connectivity index (χ0n) is 9.62. The van der Waals surface area contributed by atoms with Crippen molar-refractivity contribution in [1.82, 2.24) is 10.2 Å². The van der Waals surface area contributed by atoms with E-state index in [1.165, 1.54) is 6.07 Å². The van der Waals surface area contributed by atoms with E-state index in [0.29, 0.717) is 0 Å². The molecule has 0 unspecified atom stereocenters. The molecule has 1 aromatic heterocycles. The molecule has 0 spiro atoms. The van der Waals surface area contributed by atoms with Crippen LogP contribution in [0.1, 0.15) is 10.4 Å². The van der Waals surface area contributed by atoms with Crippen molar-refractivity contribution in [2.45, 2.75) is 0 Å². The molecule has 1 amide bonds. The third-order valence-electron chi connectivity index (χ3n) is 1.55. The number of H-pyrrole nitrogens is 1. The van der Waals surface area contributed by atoms with Crippen LogP contribution < -0.4 is 5.73 Å². The summed E-state index contributed by atoms with van der Waals surface area (Å²) in [6, 6.07) is 5.29. The summed E-state index contributed by atoms with van der Waals surface area (Å²) in [7, 11) is 0. The Hall–Kier alpha value is -1.90. The van der Waals surface area contributed by atoms with Crippen LogP contribution >= 0.6 is 11.6 Å². The topological polar surface area (TPSA) is 112 Å². The zero-order valence-corrected chi connectivity index (χ0v) is 10.4. The Labute approximate surface area is 114 Å². The molecular weight excluding hydrogens is 275 g/mol. The summed E-state index contributed by atoms with van der Waals surface area (Å²) < 4.78 is 12.5. The van der Waals surface area contributed by atoms with Gasteiger partial charge in [0.05, 0.1) is 0 Å². The summed E-state index contributed by atoms with van der Waals surface area (Å²) >= 11 is 5.45. The molecule has 0 saturated carbocycles. The van der Waals surface area contributed by atoms with Gasteiger partial charge in [-0.25, -0.2) is 4.39 Å². The predicted molar refractivity (Wildman–Crippen MR) is 68.7 cm³/mol. The van der Waals surface area contributed by atoms with Crippen molar-refractivity contribution in [3.05, 3.63) is 53.1 Å². The van der Waals surface area contributed by atoms with Gasteiger partial charge in [-0.1, -0.05) is 11.6 Å². The van der Waals surface area contributed by atoms with Crippen LogP contribution in [0.15, 0.2) is 36.7 Å². The van der Waals surface area contributed by atoms with Crippen LogP contribution in [0.25, 0.3) is 0 Å². The molecule has 101 valence electrons. The molecule has 19 heavy (non-hydrogen) atoms. The molecule has 0 aliphatic carbocycles. The van der Waals surface area contributed by atoms with Crippen LogP contribution in [0.3, 0.4) is 0 Å². The van der Waals surface area contributed by atoms with Crippen molar-refractivity contribution in [3.63, 3.8) is 0 Å². The van der Waals surface area contributed by atoms with Gasteiger partial charge in [0.2, 0.25) is 5.91 Å². The van der Waals surface area contributed by atoms with Gasteiger partial charge in [-0.2, -0.15) is 5.10 Å². The predicted octanol–water partition coefficient (Wildman–Crippen LogP) is 0.493. The fourth-order valence-electron chi connectivity index (χ4n) is 0.911. The Bertz CT molecular complexity index is 447. The molecule has 0 aliphatic heterocycles.